The number of nitrogens with zero attached hydrogens (tertiary/aromatic N) is 2. The van der Waals surface area contributed by atoms with Gasteiger partial charge < -0.3 is 5.73 Å². The molecule has 0 saturated heterocycles. The molecule has 0 fully saturated rings. The number of alkyl halides is 3. The molecule has 7 heteroatoms. The van der Waals surface area contributed by atoms with Gasteiger partial charge in [0.2, 0.25) is 0 Å². The molecule has 2 aromatic rings. The zero-order valence-corrected chi connectivity index (χ0v) is 11.1. The Morgan fingerprint density at radius 2 is 1.79 bits per heavy atom. The lowest BCUT2D eigenvalue weighted by Crippen LogP contribution is -2.11. The summed E-state index contributed by atoms with van der Waals surface area (Å²) in [6.07, 6.45) is -3.24. The van der Waals surface area contributed by atoms with E-state index in [0.29, 0.717) is 16.2 Å². The van der Waals surface area contributed by atoms with Gasteiger partial charge in [0.05, 0.1) is 6.04 Å². The number of rotatable bonds is 2. The Bertz CT molecular complexity index is 572. The minimum Gasteiger partial charge on any atom is -0.320 e. The second kappa shape index (κ2) is 4.90. The summed E-state index contributed by atoms with van der Waals surface area (Å²) in [6, 6.07) is 2.92. The lowest BCUT2D eigenvalue weighted by molar-refractivity contribution is -0.137. The van der Waals surface area contributed by atoms with E-state index in [2.05, 4.69) is 9.97 Å². The molecule has 0 aliphatic heterocycles. The standard InChI is InChI=1S/C12H12F3N3S/c1-6-3-8(4-7(2)18-6)10(16)9-5-17-11(19-9)12(13,14)15/h3-5,10H,16H2,1-2H3. The first-order valence-corrected chi connectivity index (χ1v) is 6.32. The maximum atomic E-state index is 12.5. The fourth-order valence-electron chi connectivity index (χ4n) is 1.77. The van der Waals surface area contributed by atoms with Crippen LogP contribution in [-0.2, 0) is 6.18 Å². The van der Waals surface area contributed by atoms with Crippen LogP contribution in [0.3, 0.4) is 0 Å². The van der Waals surface area contributed by atoms with Crippen molar-refractivity contribution in [2.75, 3.05) is 0 Å². The van der Waals surface area contributed by atoms with Gasteiger partial charge in [-0.15, -0.1) is 11.3 Å². The summed E-state index contributed by atoms with van der Waals surface area (Å²) in [5, 5.41) is -0.875. The van der Waals surface area contributed by atoms with Gasteiger partial charge in [-0.2, -0.15) is 13.2 Å². The molecule has 1 unspecified atom stereocenters. The summed E-state index contributed by atoms with van der Waals surface area (Å²) >= 11 is 0.573. The van der Waals surface area contributed by atoms with Crippen molar-refractivity contribution in [1.82, 2.24) is 9.97 Å². The largest absolute Gasteiger partial charge is 0.443 e. The van der Waals surface area contributed by atoms with E-state index in [1.807, 2.05) is 13.8 Å². The molecule has 2 N–H and O–H groups in total. The van der Waals surface area contributed by atoms with E-state index in [-0.39, 0.29) is 0 Å². The Labute approximate surface area is 112 Å². The first-order chi connectivity index (χ1) is 8.77. The van der Waals surface area contributed by atoms with Crippen LogP contribution in [0.2, 0.25) is 0 Å². The van der Waals surface area contributed by atoms with Gasteiger partial charge in [-0.3, -0.25) is 4.98 Å². The van der Waals surface area contributed by atoms with Crippen LogP contribution in [0.15, 0.2) is 18.3 Å². The Hall–Kier alpha value is -1.47. The number of hydrogen-bond acceptors (Lipinski definition) is 4. The fourth-order valence-corrected chi connectivity index (χ4v) is 2.58. The second-order valence-electron chi connectivity index (χ2n) is 4.23. The molecule has 2 rings (SSSR count). The number of thiazole rings is 1. The van der Waals surface area contributed by atoms with Crippen molar-refractivity contribution in [3.8, 4) is 0 Å². The lowest BCUT2D eigenvalue weighted by atomic mass is 10.1. The van der Waals surface area contributed by atoms with E-state index >= 15 is 0 Å². The molecule has 2 heterocycles. The number of pyridine rings is 1. The highest BCUT2D eigenvalue weighted by atomic mass is 32.1. The summed E-state index contributed by atoms with van der Waals surface area (Å²) in [5.41, 5.74) is 8.29. The van der Waals surface area contributed by atoms with Crippen molar-refractivity contribution >= 4 is 11.3 Å². The average molecular weight is 287 g/mol. The summed E-state index contributed by atoms with van der Waals surface area (Å²) in [5.74, 6) is 0. The smallest absolute Gasteiger partial charge is 0.320 e. The van der Waals surface area contributed by atoms with Gasteiger partial charge in [-0.25, -0.2) is 4.98 Å². The third kappa shape index (κ3) is 3.10. The third-order valence-electron chi connectivity index (χ3n) is 2.54. The van der Waals surface area contributed by atoms with Gasteiger partial charge in [0, 0.05) is 22.5 Å². The molecular formula is C12H12F3N3S. The first kappa shape index (κ1) is 14.0. The fraction of sp³-hybridized carbons (Fsp3) is 0.333. The monoisotopic (exact) mass is 287 g/mol. The molecule has 0 radical (unpaired) electrons. The summed E-state index contributed by atoms with van der Waals surface area (Å²) in [4.78, 5) is 7.97. The Morgan fingerprint density at radius 3 is 2.26 bits per heavy atom. The molecule has 0 bridgehead atoms. The van der Waals surface area contributed by atoms with E-state index < -0.39 is 17.2 Å². The van der Waals surface area contributed by atoms with Crippen molar-refractivity contribution in [1.29, 1.82) is 0 Å². The average Bonchev–Trinajstić information content (AvgIpc) is 2.75. The summed E-state index contributed by atoms with van der Waals surface area (Å²) in [7, 11) is 0. The Kier molecular flexibility index (Phi) is 3.60. The molecule has 0 aliphatic rings. The van der Waals surface area contributed by atoms with Crippen LogP contribution in [-0.4, -0.2) is 9.97 Å². The topological polar surface area (TPSA) is 51.8 Å². The van der Waals surface area contributed by atoms with Crippen molar-refractivity contribution in [3.05, 3.63) is 45.2 Å². The van der Waals surface area contributed by atoms with Crippen LogP contribution in [0.1, 0.15) is 32.9 Å². The van der Waals surface area contributed by atoms with Crippen LogP contribution in [0.4, 0.5) is 13.2 Å². The molecule has 0 aromatic carbocycles. The van der Waals surface area contributed by atoms with Crippen molar-refractivity contribution < 1.29 is 13.2 Å². The van der Waals surface area contributed by atoms with Crippen molar-refractivity contribution in [2.45, 2.75) is 26.1 Å². The van der Waals surface area contributed by atoms with E-state index in [9.17, 15) is 13.2 Å². The number of aromatic nitrogens is 2. The van der Waals surface area contributed by atoms with Crippen molar-refractivity contribution in [2.24, 2.45) is 5.73 Å². The Morgan fingerprint density at radius 1 is 1.21 bits per heavy atom. The molecule has 1 atom stereocenters. The van der Waals surface area contributed by atoms with E-state index in [1.165, 1.54) is 6.20 Å². The summed E-state index contributed by atoms with van der Waals surface area (Å²) < 4.78 is 37.5. The zero-order valence-electron chi connectivity index (χ0n) is 10.3. The molecule has 3 nitrogen and oxygen atoms in total. The maximum absolute atomic E-state index is 12.5. The van der Waals surface area contributed by atoms with Crippen LogP contribution in [0.25, 0.3) is 0 Å². The molecule has 0 aliphatic carbocycles. The molecule has 19 heavy (non-hydrogen) atoms. The second-order valence-corrected chi connectivity index (χ2v) is 5.29. The number of halogens is 3. The van der Waals surface area contributed by atoms with Gasteiger partial charge in [0.15, 0.2) is 5.01 Å². The van der Waals surface area contributed by atoms with Crippen LogP contribution in [0.5, 0.6) is 0 Å². The van der Waals surface area contributed by atoms with Gasteiger partial charge in [0.25, 0.3) is 0 Å². The quantitative estimate of drug-likeness (QED) is 0.922. The molecule has 0 spiro atoms. The molecular weight excluding hydrogens is 275 g/mol. The number of aryl methyl sites for hydroxylation is 2. The van der Waals surface area contributed by atoms with E-state index in [1.54, 1.807) is 12.1 Å². The molecule has 0 amide bonds. The Balaban J connectivity index is 2.33. The summed E-state index contributed by atoms with van der Waals surface area (Å²) in [6.45, 7) is 3.63. The highest BCUT2D eigenvalue weighted by Gasteiger charge is 2.35. The van der Waals surface area contributed by atoms with Gasteiger partial charge in [-0.1, -0.05) is 0 Å². The minimum absolute atomic E-state index is 0.386. The normalized spacial score (nSPS) is 13.6. The highest BCUT2D eigenvalue weighted by molar-refractivity contribution is 7.11. The predicted octanol–water partition coefficient (Wildman–Crippen LogP) is 3.22. The van der Waals surface area contributed by atoms with Gasteiger partial charge in [0.1, 0.15) is 0 Å². The number of nitrogens with two attached hydrogens (primary N) is 1. The van der Waals surface area contributed by atoms with Crippen LogP contribution < -0.4 is 5.73 Å². The molecule has 2 aromatic heterocycles. The first-order valence-electron chi connectivity index (χ1n) is 5.51. The zero-order chi connectivity index (χ0) is 14.2. The van der Waals surface area contributed by atoms with Crippen LogP contribution in [0, 0.1) is 13.8 Å². The maximum Gasteiger partial charge on any atom is 0.443 e. The highest BCUT2D eigenvalue weighted by Crippen LogP contribution is 2.35. The van der Waals surface area contributed by atoms with Gasteiger partial charge in [-0.05, 0) is 31.5 Å². The van der Waals surface area contributed by atoms with Crippen LogP contribution >= 0.6 is 11.3 Å². The minimum atomic E-state index is -4.42. The lowest BCUT2D eigenvalue weighted by Gasteiger charge is -2.11. The van der Waals surface area contributed by atoms with E-state index in [0.717, 1.165) is 17.0 Å². The number of hydrogen-bond donors (Lipinski definition) is 1. The van der Waals surface area contributed by atoms with Crippen molar-refractivity contribution in [3.63, 3.8) is 0 Å². The SMILES string of the molecule is Cc1cc(C(N)c2cnc(C(F)(F)F)s2)cc(C)n1. The molecule has 102 valence electrons. The third-order valence-corrected chi connectivity index (χ3v) is 3.66. The predicted molar refractivity (Wildman–Crippen MR) is 66.9 cm³/mol. The van der Waals surface area contributed by atoms with E-state index in [4.69, 9.17) is 5.73 Å². The van der Waals surface area contributed by atoms with Gasteiger partial charge >= 0.3 is 6.18 Å². The molecule has 0 saturated carbocycles.